The molecule has 0 saturated heterocycles. The third kappa shape index (κ3) is 3.58. The van der Waals surface area contributed by atoms with Crippen molar-refractivity contribution in [3.05, 3.63) is 83.4 Å². The van der Waals surface area contributed by atoms with Crippen LogP contribution >= 0.6 is 0 Å². The van der Waals surface area contributed by atoms with Gasteiger partial charge < -0.3 is 19.8 Å². The summed E-state index contributed by atoms with van der Waals surface area (Å²) in [7, 11) is 0. The zero-order valence-electron chi connectivity index (χ0n) is 13.5. The van der Waals surface area contributed by atoms with E-state index >= 15 is 0 Å². The first-order valence-corrected chi connectivity index (χ1v) is 7.69. The van der Waals surface area contributed by atoms with Gasteiger partial charge in [0.15, 0.2) is 0 Å². The van der Waals surface area contributed by atoms with Crippen LogP contribution in [0.3, 0.4) is 0 Å². The molecule has 3 aromatic rings. The van der Waals surface area contributed by atoms with Crippen molar-refractivity contribution in [2.24, 2.45) is 0 Å². The minimum Gasteiger partial charge on any atom is -0.545 e. The largest absolute Gasteiger partial charge is 0.545 e. The van der Waals surface area contributed by atoms with Crippen LogP contribution in [0.2, 0.25) is 0 Å². The number of carboxylic acids is 2. The molecule has 0 N–H and O–H groups in total. The maximum Gasteiger partial charge on any atom is 0.0715 e. The van der Waals surface area contributed by atoms with Gasteiger partial charge in [0.25, 0.3) is 0 Å². The average Bonchev–Trinajstić information content (AvgIpc) is 2.61. The molecule has 3 rings (SSSR count). The molecule has 0 amide bonds. The van der Waals surface area contributed by atoms with E-state index in [-0.39, 0.29) is 11.1 Å². The zero-order valence-corrected chi connectivity index (χ0v) is 13.5. The van der Waals surface area contributed by atoms with E-state index in [2.05, 4.69) is 0 Å². The van der Waals surface area contributed by atoms with Crippen LogP contribution in [-0.2, 0) is 0 Å². The molecular formula is C21H14O4-2. The van der Waals surface area contributed by atoms with Gasteiger partial charge in [-0.15, -0.1) is 0 Å². The molecule has 0 saturated carbocycles. The third-order valence-corrected chi connectivity index (χ3v) is 3.99. The summed E-state index contributed by atoms with van der Waals surface area (Å²) in [5.41, 5.74) is 4.99. The van der Waals surface area contributed by atoms with Gasteiger partial charge in [0.1, 0.15) is 0 Å². The Balaban J connectivity index is 2.00. The SMILES string of the molecule is Cc1cc(-c2ccc(C(=O)[O-])cc2)cc(-c2ccc(C(=O)[O-])cc2)c1. The lowest BCUT2D eigenvalue weighted by molar-refractivity contribution is -0.256. The fourth-order valence-electron chi connectivity index (χ4n) is 2.71. The van der Waals surface area contributed by atoms with Gasteiger partial charge in [-0.05, 0) is 51.9 Å². The molecule has 0 aromatic heterocycles. The first-order chi connectivity index (χ1) is 11.9. The minimum absolute atomic E-state index is 0.134. The summed E-state index contributed by atoms with van der Waals surface area (Å²) in [6, 6.07) is 19.0. The lowest BCUT2D eigenvalue weighted by Gasteiger charge is -2.10. The molecule has 0 atom stereocenters. The fourth-order valence-corrected chi connectivity index (χ4v) is 2.71. The van der Waals surface area contributed by atoms with E-state index in [0.717, 1.165) is 27.8 Å². The maximum atomic E-state index is 10.9. The predicted molar refractivity (Wildman–Crippen MR) is 90.7 cm³/mol. The van der Waals surface area contributed by atoms with Crippen molar-refractivity contribution >= 4 is 11.9 Å². The van der Waals surface area contributed by atoms with Gasteiger partial charge in [0, 0.05) is 0 Å². The summed E-state index contributed by atoms with van der Waals surface area (Å²) < 4.78 is 0. The van der Waals surface area contributed by atoms with Crippen LogP contribution < -0.4 is 10.2 Å². The van der Waals surface area contributed by atoms with E-state index in [4.69, 9.17) is 0 Å². The minimum atomic E-state index is -1.20. The molecule has 25 heavy (non-hydrogen) atoms. The highest BCUT2D eigenvalue weighted by molar-refractivity contribution is 5.87. The Morgan fingerprint density at radius 2 is 0.960 bits per heavy atom. The van der Waals surface area contributed by atoms with Crippen LogP contribution in [0, 0.1) is 6.92 Å². The molecule has 0 unspecified atom stereocenters. The van der Waals surface area contributed by atoms with Crippen LogP contribution in [0.4, 0.5) is 0 Å². The summed E-state index contributed by atoms with van der Waals surface area (Å²) >= 11 is 0. The Hall–Kier alpha value is -3.40. The van der Waals surface area contributed by atoms with E-state index in [0.29, 0.717) is 0 Å². The van der Waals surface area contributed by atoms with Crippen molar-refractivity contribution in [2.75, 3.05) is 0 Å². The Bertz CT molecular complexity index is 863. The molecule has 124 valence electrons. The second-order valence-electron chi connectivity index (χ2n) is 5.82. The van der Waals surface area contributed by atoms with Crippen molar-refractivity contribution in [1.29, 1.82) is 0 Å². The monoisotopic (exact) mass is 330 g/mol. The maximum absolute atomic E-state index is 10.9. The molecule has 0 aliphatic rings. The second-order valence-corrected chi connectivity index (χ2v) is 5.82. The number of aromatic carboxylic acids is 2. The summed E-state index contributed by atoms with van der Waals surface area (Å²) in [4.78, 5) is 21.7. The van der Waals surface area contributed by atoms with Gasteiger partial charge in [-0.1, -0.05) is 60.7 Å². The number of carbonyl (C=O) groups is 2. The highest BCUT2D eigenvalue weighted by Gasteiger charge is 2.05. The molecule has 0 heterocycles. The molecule has 0 bridgehead atoms. The molecule has 0 fully saturated rings. The van der Waals surface area contributed by atoms with Crippen molar-refractivity contribution in [1.82, 2.24) is 0 Å². The highest BCUT2D eigenvalue weighted by atomic mass is 16.4. The normalized spacial score (nSPS) is 10.4. The second kappa shape index (κ2) is 6.61. The summed E-state index contributed by atoms with van der Waals surface area (Å²) in [5.74, 6) is -2.41. The average molecular weight is 330 g/mol. The summed E-state index contributed by atoms with van der Waals surface area (Å²) in [6.07, 6.45) is 0. The number of benzene rings is 3. The van der Waals surface area contributed by atoms with Gasteiger partial charge >= 0.3 is 0 Å². The van der Waals surface area contributed by atoms with E-state index in [1.165, 1.54) is 24.3 Å². The fraction of sp³-hybridized carbons (Fsp3) is 0.0476. The standard InChI is InChI=1S/C21H16O4/c1-13-10-18(14-2-6-16(7-3-14)20(22)23)12-19(11-13)15-4-8-17(9-5-15)21(24)25/h2-12H,1H3,(H,22,23)(H,24,25)/p-2. The number of rotatable bonds is 4. The Morgan fingerprint density at radius 1 is 0.600 bits per heavy atom. The van der Waals surface area contributed by atoms with E-state index in [1.54, 1.807) is 24.3 Å². The topological polar surface area (TPSA) is 80.3 Å². The quantitative estimate of drug-likeness (QED) is 0.733. The van der Waals surface area contributed by atoms with Crippen molar-refractivity contribution < 1.29 is 19.8 Å². The Labute approximate surface area is 145 Å². The number of hydrogen-bond donors (Lipinski definition) is 0. The van der Waals surface area contributed by atoms with Crippen molar-refractivity contribution in [2.45, 2.75) is 6.92 Å². The predicted octanol–water partition coefficient (Wildman–Crippen LogP) is 2.06. The van der Waals surface area contributed by atoms with Crippen LogP contribution in [0.1, 0.15) is 26.3 Å². The third-order valence-electron chi connectivity index (χ3n) is 3.99. The lowest BCUT2D eigenvalue weighted by Crippen LogP contribution is -2.21. The first-order valence-electron chi connectivity index (χ1n) is 7.69. The summed E-state index contributed by atoms with van der Waals surface area (Å²) in [6.45, 7) is 1.97. The van der Waals surface area contributed by atoms with Gasteiger partial charge in [-0.2, -0.15) is 0 Å². The van der Waals surface area contributed by atoms with Crippen LogP contribution in [0.5, 0.6) is 0 Å². The highest BCUT2D eigenvalue weighted by Crippen LogP contribution is 2.28. The molecule has 0 radical (unpaired) electrons. The zero-order chi connectivity index (χ0) is 18.0. The van der Waals surface area contributed by atoms with Crippen LogP contribution in [0.15, 0.2) is 66.7 Å². The smallest absolute Gasteiger partial charge is 0.0715 e. The molecular weight excluding hydrogens is 316 g/mol. The van der Waals surface area contributed by atoms with Crippen molar-refractivity contribution in [3.63, 3.8) is 0 Å². The number of hydrogen-bond acceptors (Lipinski definition) is 4. The molecule has 0 aliphatic heterocycles. The molecule has 3 aromatic carbocycles. The Kier molecular flexibility index (Phi) is 4.35. The van der Waals surface area contributed by atoms with E-state index in [1.807, 2.05) is 25.1 Å². The number of carbonyl (C=O) groups excluding carboxylic acids is 2. The molecule has 4 heteroatoms. The van der Waals surface area contributed by atoms with Gasteiger partial charge in [-0.25, -0.2) is 0 Å². The lowest BCUT2D eigenvalue weighted by atomic mass is 9.95. The number of carboxylic acid groups (broad SMARTS) is 2. The van der Waals surface area contributed by atoms with Gasteiger partial charge in [-0.3, -0.25) is 0 Å². The van der Waals surface area contributed by atoms with Gasteiger partial charge in [0.2, 0.25) is 0 Å². The first kappa shape index (κ1) is 16.5. The van der Waals surface area contributed by atoms with Crippen LogP contribution in [-0.4, -0.2) is 11.9 Å². The van der Waals surface area contributed by atoms with Gasteiger partial charge in [0.05, 0.1) is 11.9 Å². The molecule has 0 spiro atoms. The van der Waals surface area contributed by atoms with E-state index < -0.39 is 11.9 Å². The van der Waals surface area contributed by atoms with Crippen LogP contribution in [0.25, 0.3) is 22.3 Å². The molecule has 4 nitrogen and oxygen atoms in total. The summed E-state index contributed by atoms with van der Waals surface area (Å²) in [5, 5.41) is 21.7. The number of aryl methyl sites for hydroxylation is 1. The van der Waals surface area contributed by atoms with Crippen molar-refractivity contribution in [3.8, 4) is 22.3 Å². The van der Waals surface area contributed by atoms with E-state index in [9.17, 15) is 19.8 Å². The molecule has 0 aliphatic carbocycles. The Morgan fingerprint density at radius 3 is 1.28 bits per heavy atom.